The fraction of sp³-hybridized carbons (Fsp3) is 0.971. The zero-order valence-corrected chi connectivity index (χ0v) is 28.1. The number of nitrogens with one attached hydrogen (secondary N) is 1. The van der Waals surface area contributed by atoms with Crippen LogP contribution in [0.15, 0.2) is 0 Å². The number of aliphatic hydroxyl groups is 6. The van der Waals surface area contributed by atoms with Crippen LogP contribution in [0.4, 0.5) is 0 Å². The average Bonchev–Trinajstić information content (AvgIpc) is 3.02. The molecule has 9 nitrogen and oxygen atoms in total. The molecule has 1 saturated heterocycles. The Balaban J connectivity index is 2.53. The maximum absolute atomic E-state index is 12.8. The number of carbonyl (C=O) groups is 1. The number of hydrogen-bond acceptors (Lipinski definition) is 8. The second kappa shape index (κ2) is 26.3. The Morgan fingerprint density at radius 1 is 0.636 bits per heavy atom. The highest BCUT2D eigenvalue weighted by molar-refractivity contribution is 5.76. The van der Waals surface area contributed by atoms with E-state index < -0.39 is 55.4 Å². The van der Waals surface area contributed by atoms with E-state index in [1.807, 2.05) is 0 Å². The molecule has 1 heterocycles. The summed E-state index contributed by atoms with van der Waals surface area (Å²) in [5.74, 6) is -0.186. The van der Waals surface area contributed by atoms with Gasteiger partial charge < -0.3 is 40.7 Å². The molecule has 7 N–H and O–H groups in total. The third-order valence-electron chi connectivity index (χ3n) is 9.27. The van der Waals surface area contributed by atoms with E-state index in [4.69, 9.17) is 4.74 Å². The molecule has 1 amide bonds. The second-order valence-electron chi connectivity index (χ2n) is 13.2. The van der Waals surface area contributed by atoms with E-state index in [9.17, 15) is 35.4 Å². The first-order valence-electron chi connectivity index (χ1n) is 18.2. The van der Waals surface area contributed by atoms with Gasteiger partial charge >= 0.3 is 0 Å². The highest BCUT2D eigenvalue weighted by Gasteiger charge is 2.43. The zero-order chi connectivity index (χ0) is 32.6. The Labute approximate surface area is 268 Å². The van der Waals surface area contributed by atoms with Crippen LogP contribution in [0.1, 0.15) is 162 Å². The molecule has 8 atom stereocenters. The number of ether oxygens (including phenoxy) is 1. The van der Waals surface area contributed by atoms with Crippen molar-refractivity contribution >= 4 is 5.91 Å². The van der Waals surface area contributed by atoms with Crippen LogP contribution in [0.3, 0.4) is 0 Å². The van der Waals surface area contributed by atoms with Gasteiger partial charge in [-0.25, -0.2) is 0 Å². The van der Waals surface area contributed by atoms with Gasteiger partial charge in [0.25, 0.3) is 0 Å². The molecule has 9 heteroatoms. The van der Waals surface area contributed by atoms with E-state index >= 15 is 0 Å². The van der Waals surface area contributed by atoms with Crippen molar-refractivity contribution in [1.82, 2.24) is 5.32 Å². The van der Waals surface area contributed by atoms with Crippen molar-refractivity contribution in [3.05, 3.63) is 0 Å². The maximum Gasteiger partial charge on any atom is 0.220 e. The van der Waals surface area contributed by atoms with Crippen molar-refractivity contribution in [2.45, 2.75) is 210 Å². The predicted octanol–water partition coefficient (Wildman–Crippen LogP) is 5.05. The molecule has 0 aromatic heterocycles. The Bertz CT molecular complexity index is 681. The van der Waals surface area contributed by atoms with Crippen molar-refractivity contribution in [2.75, 3.05) is 6.61 Å². The fourth-order valence-corrected chi connectivity index (χ4v) is 6.24. The average molecular weight is 632 g/mol. The largest absolute Gasteiger partial charge is 0.394 e. The summed E-state index contributed by atoms with van der Waals surface area (Å²) >= 11 is 0. The summed E-state index contributed by atoms with van der Waals surface area (Å²) in [5, 5.41) is 65.0. The lowest BCUT2D eigenvalue weighted by molar-refractivity contribution is -0.231. The van der Waals surface area contributed by atoms with Gasteiger partial charge in [0.15, 0.2) is 0 Å². The van der Waals surface area contributed by atoms with Crippen LogP contribution in [-0.4, -0.2) is 91.9 Å². The van der Waals surface area contributed by atoms with Crippen LogP contribution >= 0.6 is 0 Å². The molecule has 1 aliphatic heterocycles. The highest BCUT2D eigenvalue weighted by atomic mass is 16.5. The van der Waals surface area contributed by atoms with Gasteiger partial charge in [0.2, 0.25) is 5.91 Å². The molecule has 0 aliphatic carbocycles. The van der Waals surface area contributed by atoms with E-state index in [1.165, 1.54) is 83.5 Å². The van der Waals surface area contributed by atoms with Crippen molar-refractivity contribution in [2.24, 2.45) is 0 Å². The Morgan fingerprint density at radius 2 is 1.09 bits per heavy atom. The first-order valence-corrected chi connectivity index (χ1v) is 18.2. The van der Waals surface area contributed by atoms with Gasteiger partial charge in [-0.15, -0.1) is 0 Å². The molecule has 0 saturated carbocycles. The van der Waals surface area contributed by atoms with Gasteiger partial charge in [0.1, 0.15) is 24.4 Å². The first-order chi connectivity index (χ1) is 21.3. The third kappa shape index (κ3) is 17.8. The summed E-state index contributed by atoms with van der Waals surface area (Å²) in [7, 11) is 0. The minimum atomic E-state index is -1.47. The van der Waals surface area contributed by atoms with Crippen LogP contribution in [-0.2, 0) is 9.53 Å². The molecule has 0 aromatic carbocycles. The van der Waals surface area contributed by atoms with Gasteiger partial charge in [0.05, 0.1) is 31.0 Å². The lowest BCUT2D eigenvalue weighted by atomic mass is 9.90. The van der Waals surface area contributed by atoms with E-state index in [0.29, 0.717) is 12.8 Å². The number of carbonyl (C=O) groups excluding carboxylic acids is 1. The smallest absolute Gasteiger partial charge is 0.220 e. The van der Waals surface area contributed by atoms with E-state index in [-0.39, 0.29) is 18.7 Å². The number of rotatable bonds is 28. The summed E-state index contributed by atoms with van der Waals surface area (Å²) in [5.41, 5.74) is 0. The molecule has 1 aliphatic rings. The number of hydrogen-bond donors (Lipinski definition) is 7. The summed E-state index contributed by atoms with van der Waals surface area (Å²) in [6.45, 7) is 3.91. The van der Waals surface area contributed by atoms with Gasteiger partial charge in [0, 0.05) is 6.42 Å². The molecular formula is C35H69NO8. The number of unbranched alkanes of at least 4 members (excludes halogenated alkanes) is 17. The number of aliphatic hydroxyl groups excluding tert-OH is 6. The minimum Gasteiger partial charge on any atom is -0.394 e. The summed E-state index contributed by atoms with van der Waals surface area (Å²) in [4.78, 5) is 12.8. The predicted molar refractivity (Wildman–Crippen MR) is 175 cm³/mol. The van der Waals surface area contributed by atoms with Gasteiger partial charge in [-0.3, -0.25) is 4.79 Å². The monoisotopic (exact) mass is 632 g/mol. The molecular weight excluding hydrogens is 562 g/mol. The van der Waals surface area contributed by atoms with Crippen molar-refractivity contribution < 1.29 is 40.2 Å². The number of amides is 1. The fourth-order valence-electron chi connectivity index (χ4n) is 6.24. The van der Waals surface area contributed by atoms with Crippen molar-refractivity contribution in [1.29, 1.82) is 0 Å². The molecule has 0 bridgehead atoms. The van der Waals surface area contributed by atoms with Crippen LogP contribution < -0.4 is 5.32 Å². The standard InChI is InChI=1S/C35H69NO8/c1-3-5-7-9-11-12-13-14-15-17-18-20-22-28(38)32(40)27(36-31(39)23-21-19-16-10-8-6-4-2)24-25-29-33(41)35(43)34(42)30(26-37)44-29/h27-30,32-35,37-38,40-43H,3-26H2,1-2H3,(H,36,39)/t27?,28?,29?,30-,32?,33+,34+,35-/m1/s1. The maximum atomic E-state index is 12.8. The quantitative estimate of drug-likeness (QED) is 0.0591. The molecule has 262 valence electrons. The Kier molecular flexibility index (Phi) is 24.6. The molecule has 4 unspecified atom stereocenters. The molecule has 1 fully saturated rings. The first kappa shape index (κ1) is 41.2. The van der Waals surface area contributed by atoms with Crippen LogP contribution in [0.5, 0.6) is 0 Å². The van der Waals surface area contributed by atoms with Crippen LogP contribution in [0.2, 0.25) is 0 Å². The van der Waals surface area contributed by atoms with Gasteiger partial charge in [-0.1, -0.05) is 129 Å². The highest BCUT2D eigenvalue weighted by Crippen LogP contribution is 2.26. The summed E-state index contributed by atoms with van der Waals surface area (Å²) in [6, 6.07) is -0.758. The normalized spacial score (nSPS) is 24.2. The molecule has 1 rings (SSSR count). The molecule has 0 spiro atoms. The topological polar surface area (TPSA) is 160 Å². The zero-order valence-electron chi connectivity index (χ0n) is 28.1. The van der Waals surface area contributed by atoms with Crippen LogP contribution in [0, 0.1) is 0 Å². The van der Waals surface area contributed by atoms with E-state index in [1.54, 1.807) is 0 Å². The van der Waals surface area contributed by atoms with E-state index in [0.717, 1.165) is 38.5 Å². The molecule has 44 heavy (non-hydrogen) atoms. The summed E-state index contributed by atoms with van der Waals surface area (Å²) < 4.78 is 5.63. The third-order valence-corrected chi connectivity index (χ3v) is 9.27. The van der Waals surface area contributed by atoms with Gasteiger partial charge in [-0.2, -0.15) is 0 Å². The SMILES string of the molecule is CCCCCCCCCCCCCCC(O)C(O)C(CCC1O[C@H](CO)[C@H](O)[C@H](O)[C@H]1O)NC(=O)CCCCCCCCC. The minimum absolute atomic E-state index is 0.159. The second-order valence-corrected chi connectivity index (χ2v) is 13.2. The van der Waals surface area contributed by atoms with Crippen molar-refractivity contribution in [3.63, 3.8) is 0 Å². The van der Waals surface area contributed by atoms with Crippen molar-refractivity contribution in [3.8, 4) is 0 Å². The van der Waals surface area contributed by atoms with Gasteiger partial charge in [-0.05, 0) is 25.7 Å². The van der Waals surface area contributed by atoms with Crippen LogP contribution in [0.25, 0.3) is 0 Å². The summed E-state index contributed by atoms with van der Waals surface area (Å²) in [6.07, 6.45) is 14.9. The Hall–Kier alpha value is -0.810. The Morgan fingerprint density at radius 3 is 1.59 bits per heavy atom. The van der Waals surface area contributed by atoms with E-state index in [2.05, 4.69) is 19.2 Å². The molecule has 0 aromatic rings. The lowest BCUT2D eigenvalue weighted by Crippen LogP contribution is -2.59. The molecule has 0 radical (unpaired) electrons. The lowest BCUT2D eigenvalue weighted by Gasteiger charge is -2.40.